The summed E-state index contributed by atoms with van der Waals surface area (Å²) in [4.78, 5) is 17.2. The summed E-state index contributed by atoms with van der Waals surface area (Å²) in [6.45, 7) is 7.52. The largest absolute Gasteiger partial charge is 0.487 e. The molecule has 0 N–H and O–H groups in total. The van der Waals surface area contributed by atoms with Gasteiger partial charge in [0.2, 0.25) is 0 Å². The second-order valence-corrected chi connectivity index (χ2v) is 10.5. The molecule has 188 valence electrons. The number of halogens is 1. The molecule has 1 amide bonds. The lowest BCUT2D eigenvalue weighted by Gasteiger charge is -2.41. The van der Waals surface area contributed by atoms with Crippen LogP contribution in [0.4, 0.5) is 4.39 Å². The van der Waals surface area contributed by atoms with Crippen molar-refractivity contribution < 1.29 is 23.4 Å². The second-order valence-electron chi connectivity index (χ2n) is 10.5. The van der Waals surface area contributed by atoms with Gasteiger partial charge in [-0.3, -0.25) is 9.69 Å². The quantitative estimate of drug-likeness (QED) is 0.609. The maximum Gasteiger partial charge on any atom is 0.260 e. The third kappa shape index (κ3) is 5.56. The molecule has 3 aliphatic heterocycles. The van der Waals surface area contributed by atoms with Gasteiger partial charge in [-0.25, -0.2) is 4.39 Å². The van der Waals surface area contributed by atoms with Gasteiger partial charge in [0.25, 0.3) is 5.91 Å². The highest BCUT2D eigenvalue weighted by Gasteiger charge is 2.33. The number of ether oxygens (including phenoxy) is 3. The van der Waals surface area contributed by atoms with Gasteiger partial charge in [0.1, 0.15) is 11.7 Å². The first kappa shape index (κ1) is 23.9. The molecule has 0 radical (unpaired) electrons. The maximum absolute atomic E-state index is 13.9. The predicted octanol–water partition coefficient (Wildman–Crippen LogP) is 4.45. The lowest BCUT2D eigenvalue weighted by Crippen LogP contribution is -2.50. The van der Waals surface area contributed by atoms with E-state index < -0.39 is 0 Å². The van der Waals surface area contributed by atoms with Gasteiger partial charge in [-0.1, -0.05) is 24.3 Å². The van der Waals surface area contributed by atoms with Crippen molar-refractivity contribution in [3.8, 4) is 17.2 Å². The number of hydrogen-bond acceptors (Lipinski definition) is 5. The Morgan fingerprint density at radius 3 is 2.46 bits per heavy atom. The van der Waals surface area contributed by atoms with Crippen LogP contribution >= 0.6 is 0 Å². The molecular weight excluding hydrogens is 447 g/mol. The number of benzene rings is 2. The van der Waals surface area contributed by atoms with Gasteiger partial charge in [-0.2, -0.15) is 0 Å². The minimum absolute atomic E-state index is 0.0234. The van der Waals surface area contributed by atoms with Crippen LogP contribution in [0.1, 0.15) is 45.1 Å². The summed E-state index contributed by atoms with van der Waals surface area (Å²) in [5.74, 6) is 1.48. The predicted molar refractivity (Wildman–Crippen MR) is 132 cm³/mol. The number of rotatable bonds is 6. The maximum atomic E-state index is 13.9. The van der Waals surface area contributed by atoms with Crippen molar-refractivity contribution in [1.29, 1.82) is 0 Å². The lowest BCUT2D eigenvalue weighted by atomic mass is 9.99. The van der Waals surface area contributed by atoms with Gasteiger partial charge in [0.05, 0.1) is 0 Å². The van der Waals surface area contributed by atoms with E-state index in [1.165, 1.54) is 6.07 Å². The zero-order valence-corrected chi connectivity index (χ0v) is 20.7. The number of nitrogens with zero attached hydrogens (tertiary/aromatic N) is 2. The number of carbonyl (C=O) groups excluding carboxylic acids is 1. The van der Waals surface area contributed by atoms with Crippen LogP contribution in [0.15, 0.2) is 42.5 Å². The Bertz CT molecular complexity index is 1040. The molecule has 0 aromatic heterocycles. The number of hydrogen-bond donors (Lipinski definition) is 0. The molecule has 0 saturated carbocycles. The van der Waals surface area contributed by atoms with E-state index in [0.717, 1.165) is 69.6 Å². The molecule has 2 aromatic rings. The summed E-state index contributed by atoms with van der Waals surface area (Å²) in [5, 5.41) is 0. The summed E-state index contributed by atoms with van der Waals surface area (Å²) in [7, 11) is 0. The van der Waals surface area contributed by atoms with Crippen molar-refractivity contribution in [2.45, 2.75) is 63.7 Å². The van der Waals surface area contributed by atoms with Crippen LogP contribution in [0.5, 0.6) is 17.2 Å². The van der Waals surface area contributed by atoms with Gasteiger partial charge in [-0.15, -0.1) is 0 Å². The van der Waals surface area contributed by atoms with Crippen molar-refractivity contribution in [3.63, 3.8) is 0 Å². The first-order chi connectivity index (χ1) is 16.9. The molecule has 5 rings (SSSR count). The minimum Gasteiger partial charge on any atom is -0.487 e. The summed E-state index contributed by atoms with van der Waals surface area (Å²) in [6.07, 6.45) is 4.60. The van der Waals surface area contributed by atoms with Crippen LogP contribution in [-0.4, -0.2) is 66.2 Å². The number of para-hydroxylation sites is 2. The molecule has 2 saturated heterocycles. The van der Waals surface area contributed by atoms with Crippen LogP contribution in [0, 0.1) is 5.82 Å². The Kier molecular flexibility index (Phi) is 6.87. The summed E-state index contributed by atoms with van der Waals surface area (Å²) in [5.41, 5.74) is 0.885. The molecule has 2 aromatic carbocycles. The van der Waals surface area contributed by atoms with Gasteiger partial charge >= 0.3 is 0 Å². The number of carbonyl (C=O) groups is 1. The molecule has 2 fully saturated rings. The molecule has 35 heavy (non-hydrogen) atoms. The molecule has 3 aliphatic rings. The fourth-order valence-corrected chi connectivity index (χ4v) is 5.49. The Hall–Kier alpha value is -2.80. The molecule has 0 atom stereocenters. The summed E-state index contributed by atoms with van der Waals surface area (Å²) < 4.78 is 31.7. The van der Waals surface area contributed by atoms with E-state index in [1.807, 2.05) is 17.0 Å². The standard InChI is InChI=1S/C28H35FN2O4/c1-28(2)18-20-6-5-9-25(27(20)35-28)33-19-26(32)31-14-10-21(11-15-31)30-16-12-22(13-17-30)34-24-8-4-3-7-23(24)29/h3-9,21-22H,10-19H2,1-2H3. The van der Waals surface area contributed by atoms with Crippen molar-refractivity contribution in [2.24, 2.45) is 0 Å². The van der Waals surface area contributed by atoms with Crippen molar-refractivity contribution in [2.75, 3.05) is 32.8 Å². The first-order valence-electron chi connectivity index (χ1n) is 12.7. The molecule has 0 aliphatic carbocycles. The van der Waals surface area contributed by atoms with Gasteiger partial charge in [-0.05, 0) is 57.7 Å². The average molecular weight is 483 g/mol. The van der Waals surface area contributed by atoms with E-state index in [9.17, 15) is 9.18 Å². The smallest absolute Gasteiger partial charge is 0.260 e. The van der Waals surface area contributed by atoms with E-state index in [-0.39, 0.29) is 30.0 Å². The van der Waals surface area contributed by atoms with Gasteiger partial charge in [0, 0.05) is 44.2 Å². The zero-order valence-electron chi connectivity index (χ0n) is 20.7. The SMILES string of the molecule is CC1(C)Cc2cccc(OCC(=O)N3CCC(N4CCC(Oc5ccccc5F)CC4)CC3)c2O1. The molecule has 0 bridgehead atoms. The van der Waals surface area contributed by atoms with Crippen molar-refractivity contribution >= 4 is 5.91 Å². The normalized spacial score (nSPS) is 20.8. The Morgan fingerprint density at radius 2 is 1.71 bits per heavy atom. The first-order valence-corrected chi connectivity index (χ1v) is 12.7. The number of piperidine rings is 2. The third-order valence-corrected chi connectivity index (χ3v) is 7.35. The highest BCUT2D eigenvalue weighted by Crippen LogP contribution is 2.41. The summed E-state index contributed by atoms with van der Waals surface area (Å²) >= 11 is 0. The lowest BCUT2D eigenvalue weighted by molar-refractivity contribution is -0.135. The van der Waals surface area contributed by atoms with E-state index in [1.54, 1.807) is 18.2 Å². The van der Waals surface area contributed by atoms with Crippen LogP contribution in [0.2, 0.25) is 0 Å². The number of fused-ring (bicyclic) bond motifs is 1. The molecule has 7 heteroatoms. The average Bonchev–Trinajstić information content (AvgIpc) is 3.19. The van der Waals surface area contributed by atoms with Gasteiger partial charge in [0.15, 0.2) is 29.7 Å². The van der Waals surface area contributed by atoms with Crippen molar-refractivity contribution in [1.82, 2.24) is 9.80 Å². The fraction of sp³-hybridized carbons (Fsp3) is 0.536. The highest BCUT2D eigenvalue weighted by atomic mass is 19.1. The Labute approximate surface area is 206 Å². The van der Waals surface area contributed by atoms with E-state index >= 15 is 0 Å². The topological polar surface area (TPSA) is 51.2 Å². The fourth-order valence-electron chi connectivity index (χ4n) is 5.49. The van der Waals surface area contributed by atoms with E-state index in [4.69, 9.17) is 14.2 Å². The number of amides is 1. The Morgan fingerprint density at radius 1 is 1.00 bits per heavy atom. The molecule has 0 unspecified atom stereocenters. The van der Waals surface area contributed by atoms with Gasteiger partial charge < -0.3 is 19.1 Å². The molecule has 6 nitrogen and oxygen atoms in total. The van der Waals surface area contributed by atoms with Crippen molar-refractivity contribution in [3.05, 3.63) is 53.8 Å². The van der Waals surface area contributed by atoms with Crippen LogP contribution < -0.4 is 14.2 Å². The number of likely N-dealkylation sites (tertiary alicyclic amines) is 2. The van der Waals surface area contributed by atoms with Crippen LogP contribution in [0.25, 0.3) is 0 Å². The monoisotopic (exact) mass is 482 g/mol. The molecule has 0 spiro atoms. The zero-order chi connectivity index (χ0) is 24.4. The van der Waals surface area contributed by atoms with Crippen LogP contribution in [0.3, 0.4) is 0 Å². The third-order valence-electron chi connectivity index (χ3n) is 7.35. The minimum atomic E-state index is -0.302. The van der Waals surface area contributed by atoms with E-state index in [0.29, 0.717) is 17.5 Å². The Balaban J connectivity index is 1.06. The van der Waals surface area contributed by atoms with Crippen LogP contribution in [-0.2, 0) is 11.2 Å². The second kappa shape index (κ2) is 10.1. The molecular formula is C28H35FN2O4. The highest BCUT2D eigenvalue weighted by molar-refractivity contribution is 5.78. The summed E-state index contributed by atoms with van der Waals surface area (Å²) in [6, 6.07) is 13.0. The van der Waals surface area contributed by atoms with E-state index in [2.05, 4.69) is 24.8 Å². The molecule has 3 heterocycles.